The van der Waals surface area contributed by atoms with Crippen LogP contribution in [0.25, 0.3) is 0 Å². The predicted octanol–water partition coefficient (Wildman–Crippen LogP) is 0.738. The first-order chi connectivity index (χ1) is 10.6. The highest BCUT2D eigenvalue weighted by Gasteiger charge is 2.37. The van der Waals surface area contributed by atoms with Crippen LogP contribution in [0.4, 0.5) is 0 Å². The van der Waals surface area contributed by atoms with Crippen molar-refractivity contribution in [3.05, 3.63) is 0 Å². The Morgan fingerprint density at radius 1 is 1.36 bits per heavy atom. The van der Waals surface area contributed by atoms with Gasteiger partial charge in [-0.1, -0.05) is 0 Å². The van der Waals surface area contributed by atoms with Gasteiger partial charge in [0.2, 0.25) is 11.8 Å². The summed E-state index contributed by atoms with van der Waals surface area (Å²) in [6.45, 7) is 6.81. The second-order valence-corrected chi connectivity index (χ2v) is 6.15. The number of carbonyl (C=O) groups excluding carboxylic acids is 2. The second kappa shape index (κ2) is 7.59. The fourth-order valence-electron chi connectivity index (χ4n) is 3.47. The molecule has 22 heavy (non-hydrogen) atoms. The molecule has 2 saturated heterocycles. The Balaban J connectivity index is 1.86. The van der Waals surface area contributed by atoms with Crippen LogP contribution in [0, 0.1) is 17.2 Å². The van der Waals surface area contributed by atoms with E-state index in [0.29, 0.717) is 25.9 Å². The fourth-order valence-corrected chi connectivity index (χ4v) is 3.47. The molecule has 0 bridgehead atoms. The molecule has 0 aromatic heterocycles. The van der Waals surface area contributed by atoms with Crippen LogP contribution in [-0.2, 0) is 9.59 Å². The Morgan fingerprint density at radius 2 is 2.09 bits per heavy atom. The van der Waals surface area contributed by atoms with Crippen LogP contribution < -0.4 is 5.32 Å². The Bertz CT molecular complexity index is 456. The minimum atomic E-state index is -0.273. The summed E-state index contributed by atoms with van der Waals surface area (Å²) in [5.74, 6) is 0.410. The molecule has 0 aliphatic carbocycles. The van der Waals surface area contributed by atoms with Crippen LogP contribution in [0.1, 0.15) is 39.5 Å². The highest BCUT2D eigenvalue weighted by Crippen LogP contribution is 2.24. The van der Waals surface area contributed by atoms with Crippen LogP contribution in [0.3, 0.4) is 0 Å². The lowest BCUT2D eigenvalue weighted by atomic mass is 10.00. The van der Waals surface area contributed by atoms with Crippen LogP contribution in [-0.4, -0.2) is 59.9 Å². The number of nitrogens with one attached hydrogen (secondary N) is 1. The van der Waals surface area contributed by atoms with Crippen molar-refractivity contribution in [1.82, 2.24) is 15.1 Å². The summed E-state index contributed by atoms with van der Waals surface area (Å²) < 4.78 is 0. The van der Waals surface area contributed by atoms with E-state index in [1.54, 1.807) is 4.90 Å². The molecule has 2 aliphatic heterocycles. The maximum absolute atomic E-state index is 12.5. The molecule has 1 N–H and O–H groups in total. The highest BCUT2D eigenvalue weighted by molar-refractivity contribution is 5.83. The standard InChI is InChI=1S/C16H26N4O2/c1-3-19(4-2)15(21)9-12-8-14(18-11-12)16(22)20-7-5-6-13(20)10-17/h12-14,18H,3-9,11H2,1-2H3/t12-,13+,14+/m1/s1. The Hall–Kier alpha value is -1.61. The van der Waals surface area contributed by atoms with Gasteiger partial charge >= 0.3 is 0 Å². The first kappa shape index (κ1) is 16.8. The minimum absolute atomic E-state index is 0.0295. The maximum atomic E-state index is 12.5. The monoisotopic (exact) mass is 306 g/mol. The van der Waals surface area contributed by atoms with Gasteiger partial charge in [-0.15, -0.1) is 0 Å². The quantitative estimate of drug-likeness (QED) is 0.813. The lowest BCUT2D eigenvalue weighted by Crippen LogP contribution is -2.45. The second-order valence-electron chi connectivity index (χ2n) is 6.15. The summed E-state index contributed by atoms with van der Waals surface area (Å²) in [5.41, 5.74) is 0. The maximum Gasteiger partial charge on any atom is 0.240 e. The Kier molecular flexibility index (Phi) is 5.78. The van der Waals surface area contributed by atoms with E-state index in [1.165, 1.54) is 0 Å². The van der Waals surface area contributed by atoms with Gasteiger partial charge in [0, 0.05) is 26.1 Å². The average molecular weight is 306 g/mol. The number of likely N-dealkylation sites (tertiary alicyclic amines) is 1. The third-order valence-corrected chi connectivity index (χ3v) is 4.78. The van der Waals surface area contributed by atoms with Crippen LogP contribution in [0.15, 0.2) is 0 Å². The molecule has 3 atom stereocenters. The van der Waals surface area contributed by atoms with Crippen molar-refractivity contribution >= 4 is 11.8 Å². The summed E-state index contributed by atoms with van der Waals surface area (Å²) in [4.78, 5) is 28.2. The minimum Gasteiger partial charge on any atom is -0.343 e. The van der Waals surface area contributed by atoms with Crippen molar-refractivity contribution in [1.29, 1.82) is 5.26 Å². The molecular formula is C16H26N4O2. The molecule has 0 unspecified atom stereocenters. The topological polar surface area (TPSA) is 76.4 Å². The SMILES string of the molecule is CCN(CC)C(=O)C[C@@H]1CN[C@H](C(=O)N2CCC[C@H]2C#N)C1. The predicted molar refractivity (Wildman–Crippen MR) is 82.8 cm³/mol. The van der Waals surface area contributed by atoms with E-state index in [1.807, 2.05) is 18.7 Å². The molecule has 0 radical (unpaired) electrons. The average Bonchev–Trinajstić information content (AvgIpc) is 3.16. The van der Waals surface area contributed by atoms with Crippen LogP contribution >= 0.6 is 0 Å². The molecule has 2 heterocycles. The zero-order chi connectivity index (χ0) is 16.1. The first-order valence-corrected chi connectivity index (χ1v) is 8.31. The summed E-state index contributed by atoms with van der Waals surface area (Å²) in [5, 5.41) is 12.3. The largest absolute Gasteiger partial charge is 0.343 e. The Labute approximate surface area is 132 Å². The van der Waals surface area contributed by atoms with Gasteiger partial charge in [-0.25, -0.2) is 0 Å². The van der Waals surface area contributed by atoms with Gasteiger partial charge in [-0.2, -0.15) is 5.26 Å². The van der Waals surface area contributed by atoms with Crippen LogP contribution in [0.2, 0.25) is 0 Å². The number of nitriles is 1. The van der Waals surface area contributed by atoms with E-state index in [-0.39, 0.29) is 29.8 Å². The lowest BCUT2D eigenvalue weighted by Gasteiger charge is -2.23. The van der Waals surface area contributed by atoms with Crippen molar-refractivity contribution in [2.75, 3.05) is 26.2 Å². The van der Waals surface area contributed by atoms with Crippen molar-refractivity contribution in [3.63, 3.8) is 0 Å². The molecule has 122 valence electrons. The van der Waals surface area contributed by atoms with Crippen molar-refractivity contribution < 1.29 is 9.59 Å². The number of hydrogen-bond donors (Lipinski definition) is 1. The number of hydrogen-bond acceptors (Lipinski definition) is 4. The van der Waals surface area contributed by atoms with Crippen molar-refractivity contribution in [3.8, 4) is 6.07 Å². The summed E-state index contributed by atoms with van der Waals surface area (Å²) >= 11 is 0. The zero-order valence-corrected chi connectivity index (χ0v) is 13.5. The summed E-state index contributed by atoms with van der Waals surface area (Å²) in [6.07, 6.45) is 2.88. The number of carbonyl (C=O) groups is 2. The van der Waals surface area contributed by atoms with E-state index >= 15 is 0 Å². The molecule has 2 aliphatic rings. The number of nitrogens with zero attached hydrogens (tertiary/aromatic N) is 3. The highest BCUT2D eigenvalue weighted by atomic mass is 16.2. The van der Waals surface area contributed by atoms with Crippen molar-refractivity contribution in [2.45, 2.75) is 51.6 Å². The summed E-state index contributed by atoms with van der Waals surface area (Å²) in [6, 6.07) is 1.70. The molecule has 2 fully saturated rings. The molecule has 6 heteroatoms. The molecule has 0 spiro atoms. The number of amides is 2. The van der Waals surface area contributed by atoms with Gasteiger partial charge in [0.15, 0.2) is 0 Å². The third kappa shape index (κ3) is 3.58. The first-order valence-electron chi connectivity index (χ1n) is 8.31. The van der Waals surface area contributed by atoms with Gasteiger partial charge in [0.1, 0.15) is 6.04 Å². The van der Waals surface area contributed by atoms with E-state index in [9.17, 15) is 9.59 Å². The fraction of sp³-hybridized carbons (Fsp3) is 0.812. The lowest BCUT2D eigenvalue weighted by molar-refractivity contribution is -0.134. The van der Waals surface area contributed by atoms with E-state index in [0.717, 1.165) is 25.9 Å². The molecule has 2 amide bonds. The number of rotatable bonds is 5. The van der Waals surface area contributed by atoms with Gasteiger partial charge in [-0.05, 0) is 45.6 Å². The van der Waals surface area contributed by atoms with E-state index < -0.39 is 0 Å². The molecule has 6 nitrogen and oxygen atoms in total. The van der Waals surface area contributed by atoms with E-state index in [4.69, 9.17) is 5.26 Å². The molecule has 0 aromatic carbocycles. The van der Waals surface area contributed by atoms with Crippen LogP contribution in [0.5, 0.6) is 0 Å². The normalized spacial score (nSPS) is 27.7. The van der Waals surface area contributed by atoms with Gasteiger partial charge in [0.25, 0.3) is 0 Å². The third-order valence-electron chi connectivity index (χ3n) is 4.78. The molecule has 0 aromatic rings. The van der Waals surface area contributed by atoms with E-state index in [2.05, 4.69) is 11.4 Å². The van der Waals surface area contributed by atoms with Gasteiger partial charge in [-0.3, -0.25) is 9.59 Å². The zero-order valence-electron chi connectivity index (χ0n) is 13.5. The van der Waals surface area contributed by atoms with Gasteiger partial charge in [0.05, 0.1) is 12.1 Å². The summed E-state index contributed by atoms with van der Waals surface area (Å²) in [7, 11) is 0. The smallest absolute Gasteiger partial charge is 0.240 e. The molecular weight excluding hydrogens is 280 g/mol. The molecule has 2 rings (SSSR count). The van der Waals surface area contributed by atoms with Gasteiger partial charge < -0.3 is 15.1 Å². The Morgan fingerprint density at radius 3 is 2.73 bits per heavy atom. The molecule has 0 saturated carbocycles. The van der Waals surface area contributed by atoms with Crippen molar-refractivity contribution in [2.24, 2.45) is 5.92 Å².